The molecule has 0 aliphatic carbocycles. The molecule has 7 heteroatoms. The molecule has 1 N–H and O–H groups in total. The summed E-state index contributed by atoms with van der Waals surface area (Å²) in [6.45, 7) is 2.79. The van der Waals surface area contributed by atoms with E-state index in [9.17, 15) is 14.4 Å². The highest BCUT2D eigenvalue weighted by molar-refractivity contribution is 7.80. The normalized spacial score (nSPS) is 21.1. The molecular formula is C23H23N3O3S. The quantitative estimate of drug-likeness (QED) is 0.575. The predicted molar refractivity (Wildman–Crippen MR) is 116 cm³/mol. The third kappa shape index (κ3) is 3.50. The van der Waals surface area contributed by atoms with Crippen molar-refractivity contribution in [2.24, 2.45) is 5.92 Å². The molecule has 0 spiro atoms. The summed E-state index contributed by atoms with van der Waals surface area (Å²) in [5, 5.41) is 2.83. The van der Waals surface area contributed by atoms with Gasteiger partial charge in [0.15, 0.2) is 5.11 Å². The first-order valence-electron chi connectivity index (χ1n) is 10.1. The zero-order chi connectivity index (χ0) is 21.3. The molecule has 2 aliphatic heterocycles. The highest BCUT2D eigenvalue weighted by atomic mass is 32.1. The Morgan fingerprint density at radius 3 is 2.43 bits per heavy atom. The number of benzene rings is 2. The van der Waals surface area contributed by atoms with Crippen molar-refractivity contribution < 1.29 is 14.4 Å². The van der Waals surface area contributed by atoms with Gasteiger partial charge in [-0.2, -0.15) is 0 Å². The van der Waals surface area contributed by atoms with Crippen LogP contribution < -0.4 is 5.32 Å². The number of fused-ring (bicyclic) bond motifs is 1. The predicted octanol–water partition coefficient (Wildman–Crippen LogP) is 3.04. The van der Waals surface area contributed by atoms with Gasteiger partial charge in [-0.25, -0.2) is 0 Å². The molecule has 0 bridgehead atoms. The van der Waals surface area contributed by atoms with Gasteiger partial charge in [0, 0.05) is 18.7 Å². The maximum absolute atomic E-state index is 13.4. The van der Waals surface area contributed by atoms with Crippen LogP contribution in [0.3, 0.4) is 0 Å². The van der Waals surface area contributed by atoms with Crippen LogP contribution in [0.2, 0.25) is 0 Å². The molecular weight excluding hydrogens is 398 g/mol. The minimum absolute atomic E-state index is 0.141. The van der Waals surface area contributed by atoms with Gasteiger partial charge in [-0.3, -0.25) is 19.3 Å². The number of unbranched alkanes of at least 4 members (excludes halogenated alkanes) is 1. The zero-order valence-corrected chi connectivity index (χ0v) is 17.5. The van der Waals surface area contributed by atoms with Gasteiger partial charge in [0.25, 0.3) is 5.91 Å². The number of thiocarbonyl (C=S) groups is 1. The summed E-state index contributed by atoms with van der Waals surface area (Å²) in [6.07, 6.45) is 1.68. The van der Waals surface area contributed by atoms with Crippen LogP contribution in [0.25, 0.3) is 0 Å². The monoisotopic (exact) mass is 421 g/mol. The lowest BCUT2D eigenvalue weighted by Crippen LogP contribution is -2.60. The van der Waals surface area contributed by atoms with E-state index in [1.165, 1.54) is 4.90 Å². The Morgan fingerprint density at radius 1 is 1.00 bits per heavy atom. The fraction of sp³-hybridized carbons (Fsp3) is 0.304. The molecule has 2 aliphatic rings. The standard InChI is InChI=1S/C23H23N3O3S/c1-2-3-13-25-22(29)18(20(27)24-23(25)30)19-16-11-7-8-12-17(16)21(28)26(19)14-15-9-5-4-6-10-15/h4-12,18-19H,2-3,13-14H2,1H3,(H,24,27,30)/t18-,19+/m1/s1. The lowest BCUT2D eigenvalue weighted by molar-refractivity contribution is -0.144. The van der Waals surface area contributed by atoms with E-state index in [0.29, 0.717) is 24.2 Å². The van der Waals surface area contributed by atoms with E-state index < -0.39 is 17.9 Å². The van der Waals surface area contributed by atoms with E-state index in [-0.39, 0.29) is 16.9 Å². The topological polar surface area (TPSA) is 69.7 Å². The SMILES string of the molecule is CCCCN1C(=O)[C@H]([C@@H]2c3ccccc3C(=O)N2Cc2ccccc2)C(=O)NC1=S. The fourth-order valence-corrected chi connectivity index (χ4v) is 4.43. The van der Waals surface area contributed by atoms with Gasteiger partial charge in [-0.05, 0) is 35.8 Å². The van der Waals surface area contributed by atoms with Gasteiger partial charge in [0.1, 0.15) is 5.92 Å². The van der Waals surface area contributed by atoms with Crippen molar-refractivity contribution >= 4 is 35.1 Å². The van der Waals surface area contributed by atoms with Crippen LogP contribution in [0.4, 0.5) is 0 Å². The van der Waals surface area contributed by atoms with Crippen LogP contribution in [-0.2, 0) is 16.1 Å². The smallest absolute Gasteiger partial charge is 0.255 e. The van der Waals surface area contributed by atoms with E-state index >= 15 is 0 Å². The van der Waals surface area contributed by atoms with Gasteiger partial charge in [-0.1, -0.05) is 61.9 Å². The maximum Gasteiger partial charge on any atom is 0.255 e. The number of hydrogen-bond donors (Lipinski definition) is 1. The van der Waals surface area contributed by atoms with Crippen molar-refractivity contribution in [3.8, 4) is 0 Å². The molecule has 1 saturated heterocycles. The Bertz CT molecular complexity index is 1010. The largest absolute Gasteiger partial charge is 0.326 e. The second kappa shape index (κ2) is 8.36. The fourth-order valence-electron chi connectivity index (χ4n) is 4.15. The number of nitrogens with one attached hydrogen (secondary N) is 1. The third-order valence-electron chi connectivity index (χ3n) is 5.64. The van der Waals surface area contributed by atoms with Crippen molar-refractivity contribution in [1.82, 2.24) is 15.1 Å². The Balaban J connectivity index is 1.74. The highest BCUT2D eigenvalue weighted by Crippen LogP contribution is 2.41. The molecule has 2 aromatic carbocycles. The first kappa shape index (κ1) is 20.2. The molecule has 2 heterocycles. The molecule has 3 amide bonds. The Hall–Kier alpha value is -3.06. The molecule has 0 unspecified atom stereocenters. The van der Waals surface area contributed by atoms with Gasteiger partial charge in [-0.15, -0.1) is 0 Å². The van der Waals surface area contributed by atoms with Crippen molar-refractivity contribution in [3.05, 3.63) is 71.3 Å². The van der Waals surface area contributed by atoms with Crippen LogP contribution in [0.5, 0.6) is 0 Å². The molecule has 154 valence electrons. The summed E-state index contributed by atoms with van der Waals surface area (Å²) in [5.74, 6) is -2.01. The van der Waals surface area contributed by atoms with E-state index in [2.05, 4.69) is 5.32 Å². The minimum atomic E-state index is -1.04. The van der Waals surface area contributed by atoms with Crippen LogP contribution >= 0.6 is 12.2 Å². The summed E-state index contributed by atoms with van der Waals surface area (Å²) in [7, 11) is 0. The Labute approximate surface area is 180 Å². The number of amides is 3. The second-order valence-electron chi connectivity index (χ2n) is 7.57. The molecule has 0 radical (unpaired) electrons. The van der Waals surface area contributed by atoms with Crippen LogP contribution in [-0.4, -0.2) is 39.2 Å². The summed E-state index contributed by atoms with van der Waals surface area (Å²) in [4.78, 5) is 42.7. The third-order valence-corrected chi connectivity index (χ3v) is 5.97. The van der Waals surface area contributed by atoms with Crippen LogP contribution in [0, 0.1) is 5.92 Å². The van der Waals surface area contributed by atoms with Gasteiger partial charge < -0.3 is 10.2 Å². The average Bonchev–Trinajstić information content (AvgIpc) is 3.01. The first-order valence-corrected chi connectivity index (χ1v) is 10.5. The maximum atomic E-state index is 13.4. The summed E-state index contributed by atoms with van der Waals surface area (Å²) < 4.78 is 0. The molecule has 0 aromatic heterocycles. The van der Waals surface area contributed by atoms with Gasteiger partial charge >= 0.3 is 0 Å². The van der Waals surface area contributed by atoms with Crippen molar-refractivity contribution in [1.29, 1.82) is 0 Å². The number of rotatable bonds is 6. The number of carbonyl (C=O) groups excluding carboxylic acids is 3. The number of carbonyl (C=O) groups is 3. The molecule has 1 fully saturated rings. The van der Waals surface area contributed by atoms with Crippen LogP contribution in [0.1, 0.15) is 47.3 Å². The number of nitrogens with zero attached hydrogens (tertiary/aromatic N) is 2. The van der Waals surface area contributed by atoms with Gasteiger partial charge in [0.05, 0.1) is 6.04 Å². The Kier molecular flexibility index (Phi) is 5.63. The van der Waals surface area contributed by atoms with Crippen molar-refractivity contribution in [2.75, 3.05) is 6.54 Å². The lowest BCUT2D eigenvalue weighted by atomic mass is 9.89. The molecule has 2 atom stereocenters. The second-order valence-corrected chi connectivity index (χ2v) is 7.95. The highest BCUT2D eigenvalue weighted by Gasteiger charge is 2.50. The van der Waals surface area contributed by atoms with Crippen molar-refractivity contribution in [2.45, 2.75) is 32.4 Å². The van der Waals surface area contributed by atoms with E-state index in [1.54, 1.807) is 17.0 Å². The zero-order valence-electron chi connectivity index (χ0n) is 16.7. The molecule has 4 rings (SSSR count). The summed E-state index contributed by atoms with van der Waals surface area (Å²) in [6, 6.07) is 16.1. The Morgan fingerprint density at radius 2 is 1.70 bits per heavy atom. The molecule has 0 saturated carbocycles. The molecule has 2 aromatic rings. The summed E-state index contributed by atoms with van der Waals surface area (Å²) >= 11 is 5.25. The molecule has 30 heavy (non-hydrogen) atoms. The molecule has 6 nitrogen and oxygen atoms in total. The average molecular weight is 422 g/mol. The number of hydrogen-bond acceptors (Lipinski definition) is 4. The van der Waals surface area contributed by atoms with Crippen molar-refractivity contribution in [3.63, 3.8) is 0 Å². The van der Waals surface area contributed by atoms with E-state index in [0.717, 1.165) is 18.4 Å². The van der Waals surface area contributed by atoms with Crippen LogP contribution in [0.15, 0.2) is 54.6 Å². The first-order chi connectivity index (χ1) is 14.5. The van der Waals surface area contributed by atoms with E-state index in [1.807, 2.05) is 49.4 Å². The lowest BCUT2D eigenvalue weighted by Gasteiger charge is -2.38. The summed E-state index contributed by atoms with van der Waals surface area (Å²) in [5.41, 5.74) is 2.17. The van der Waals surface area contributed by atoms with E-state index in [4.69, 9.17) is 12.2 Å². The minimum Gasteiger partial charge on any atom is -0.326 e. The van der Waals surface area contributed by atoms with Gasteiger partial charge in [0.2, 0.25) is 11.8 Å².